The van der Waals surface area contributed by atoms with Gasteiger partial charge in [-0.15, -0.1) is 0 Å². The van der Waals surface area contributed by atoms with Crippen molar-refractivity contribution in [2.24, 2.45) is 0 Å². The van der Waals surface area contributed by atoms with Crippen LogP contribution >= 0.6 is 11.8 Å². The number of carbonyl (C=O) groups excluding carboxylic acids is 1. The number of hydrogen-bond donors (Lipinski definition) is 1. The summed E-state index contributed by atoms with van der Waals surface area (Å²) in [6.45, 7) is 0.447. The highest BCUT2D eigenvalue weighted by atomic mass is 32.2. The second kappa shape index (κ2) is 6.24. The number of nitrogens with two attached hydrogens (primary N) is 1. The Kier molecular flexibility index (Phi) is 4.40. The molecule has 0 unspecified atom stereocenters. The fourth-order valence-corrected chi connectivity index (χ4v) is 2.23. The molecule has 0 aliphatic heterocycles. The summed E-state index contributed by atoms with van der Waals surface area (Å²) >= 11 is 1.28. The first kappa shape index (κ1) is 13.4. The molecule has 6 nitrogen and oxygen atoms in total. The zero-order valence-electron chi connectivity index (χ0n) is 10.4. The molecule has 2 aromatic rings. The molecule has 2 rings (SSSR count). The molecule has 2 aromatic heterocycles. The van der Waals surface area contributed by atoms with E-state index in [2.05, 4.69) is 9.97 Å². The summed E-state index contributed by atoms with van der Waals surface area (Å²) in [7, 11) is 1.73. The van der Waals surface area contributed by atoms with Crippen molar-refractivity contribution in [1.29, 1.82) is 0 Å². The Morgan fingerprint density at radius 2 is 2.26 bits per heavy atom. The van der Waals surface area contributed by atoms with Gasteiger partial charge < -0.3 is 15.1 Å². The lowest BCUT2D eigenvalue weighted by molar-refractivity contribution is -0.127. The van der Waals surface area contributed by atoms with Crippen LogP contribution in [0.4, 0.5) is 5.82 Å². The monoisotopic (exact) mass is 278 g/mol. The quantitative estimate of drug-likeness (QED) is 0.832. The maximum absolute atomic E-state index is 11.9. The summed E-state index contributed by atoms with van der Waals surface area (Å²) in [4.78, 5) is 21.5. The lowest BCUT2D eigenvalue weighted by Crippen LogP contribution is -2.27. The third-order valence-corrected chi connectivity index (χ3v) is 3.40. The molecule has 0 aromatic carbocycles. The van der Waals surface area contributed by atoms with Crippen molar-refractivity contribution < 1.29 is 9.21 Å². The lowest BCUT2D eigenvalue weighted by atomic mass is 10.4. The molecule has 0 aliphatic carbocycles. The molecule has 0 saturated heterocycles. The SMILES string of the molecule is CN(Cc1ccco1)C(=O)CSc1nccnc1N. The molecule has 100 valence electrons. The van der Waals surface area contributed by atoms with Crippen LogP contribution in [0.25, 0.3) is 0 Å². The summed E-state index contributed by atoms with van der Waals surface area (Å²) in [6, 6.07) is 3.63. The minimum Gasteiger partial charge on any atom is -0.467 e. The highest BCUT2D eigenvalue weighted by molar-refractivity contribution is 8.00. The number of carbonyl (C=O) groups is 1. The summed E-state index contributed by atoms with van der Waals surface area (Å²) in [6.07, 6.45) is 4.66. The lowest BCUT2D eigenvalue weighted by Gasteiger charge is -2.15. The van der Waals surface area contributed by atoms with Gasteiger partial charge in [0.15, 0.2) is 5.82 Å². The first-order chi connectivity index (χ1) is 9.16. The molecule has 0 radical (unpaired) electrons. The number of amides is 1. The normalized spacial score (nSPS) is 10.4. The third kappa shape index (κ3) is 3.72. The van der Waals surface area contributed by atoms with Gasteiger partial charge in [0.25, 0.3) is 0 Å². The minimum atomic E-state index is -0.0218. The van der Waals surface area contributed by atoms with Crippen LogP contribution in [0.3, 0.4) is 0 Å². The number of nitrogens with zero attached hydrogens (tertiary/aromatic N) is 3. The zero-order chi connectivity index (χ0) is 13.7. The Morgan fingerprint density at radius 1 is 1.47 bits per heavy atom. The maximum Gasteiger partial charge on any atom is 0.233 e. The average Bonchev–Trinajstić information content (AvgIpc) is 2.90. The molecular formula is C12H14N4O2S. The van der Waals surface area contributed by atoms with Crippen molar-refractivity contribution in [3.63, 3.8) is 0 Å². The molecule has 0 atom stereocenters. The van der Waals surface area contributed by atoms with Crippen LogP contribution in [0.1, 0.15) is 5.76 Å². The number of rotatable bonds is 5. The summed E-state index contributed by atoms with van der Waals surface area (Å²) < 4.78 is 5.19. The Bertz CT molecular complexity index is 544. The topological polar surface area (TPSA) is 85.2 Å². The van der Waals surface area contributed by atoms with Crippen molar-refractivity contribution in [2.45, 2.75) is 11.6 Å². The smallest absolute Gasteiger partial charge is 0.233 e. The van der Waals surface area contributed by atoms with Crippen LogP contribution in [0.15, 0.2) is 40.2 Å². The van der Waals surface area contributed by atoms with Gasteiger partial charge in [0.05, 0.1) is 18.6 Å². The van der Waals surface area contributed by atoms with Gasteiger partial charge in [0.1, 0.15) is 10.8 Å². The van der Waals surface area contributed by atoms with Crippen molar-refractivity contribution in [1.82, 2.24) is 14.9 Å². The van der Waals surface area contributed by atoms with Crippen LogP contribution in [-0.2, 0) is 11.3 Å². The number of aromatic nitrogens is 2. The molecule has 0 spiro atoms. The predicted molar refractivity (Wildman–Crippen MR) is 72.4 cm³/mol. The summed E-state index contributed by atoms with van der Waals surface area (Å²) in [5.74, 6) is 1.33. The molecule has 2 N–H and O–H groups in total. The fraction of sp³-hybridized carbons (Fsp3) is 0.250. The molecule has 0 aliphatic rings. The van der Waals surface area contributed by atoms with E-state index in [9.17, 15) is 4.79 Å². The van der Waals surface area contributed by atoms with Gasteiger partial charge in [-0.05, 0) is 12.1 Å². The Morgan fingerprint density at radius 3 is 2.95 bits per heavy atom. The Hall–Kier alpha value is -2.02. The van der Waals surface area contributed by atoms with Crippen LogP contribution in [-0.4, -0.2) is 33.6 Å². The number of hydrogen-bond acceptors (Lipinski definition) is 6. The maximum atomic E-state index is 11.9. The largest absolute Gasteiger partial charge is 0.467 e. The van der Waals surface area contributed by atoms with Crippen molar-refractivity contribution in [3.05, 3.63) is 36.5 Å². The molecule has 19 heavy (non-hydrogen) atoms. The molecular weight excluding hydrogens is 264 g/mol. The van der Waals surface area contributed by atoms with Crippen molar-refractivity contribution in [3.8, 4) is 0 Å². The number of anilines is 1. The highest BCUT2D eigenvalue weighted by Crippen LogP contribution is 2.20. The summed E-state index contributed by atoms with van der Waals surface area (Å²) in [5.41, 5.74) is 5.66. The van der Waals surface area contributed by atoms with Crippen LogP contribution in [0, 0.1) is 0 Å². The molecule has 0 bridgehead atoms. The molecule has 2 heterocycles. The van der Waals surface area contributed by atoms with E-state index in [1.54, 1.807) is 30.5 Å². The molecule has 0 fully saturated rings. The molecule has 0 saturated carbocycles. The zero-order valence-corrected chi connectivity index (χ0v) is 11.3. The fourth-order valence-electron chi connectivity index (χ4n) is 1.41. The van der Waals surface area contributed by atoms with Crippen LogP contribution in [0.2, 0.25) is 0 Å². The van der Waals surface area contributed by atoms with E-state index in [0.29, 0.717) is 17.4 Å². The molecule has 1 amide bonds. The van der Waals surface area contributed by atoms with Gasteiger partial charge in [-0.1, -0.05) is 11.8 Å². The van der Waals surface area contributed by atoms with Gasteiger partial charge in [-0.3, -0.25) is 4.79 Å². The van der Waals surface area contributed by atoms with Crippen LogP contribution < -0.4 is 5.73 Å². The van der Waals surface area contributed by atoms with Crippen molar-refractivity contribution >= 4 is 23.5 Å². The average molecular weight is 278 g/mol. The van der Waals surface area contributed by atoms with Crippen LogP contribution in [0.5, 0.6) is 0 Å². The second-order valence-corrected chi connectivity index (χ2v) is 4.83. The standard InChI is InChI=1S/C12H14N4O2S/c1-16(7-9-3-2-6-18-9)10(17)8-19-12-11(13)14-4-5-15-12/h2-6H,7-8H2,1H3,(H2,13,14). The number of nitrogen functional groups attached to an aromatic ring is 1. The minimum absolute atomic E-state index is 0.0218. The van der Waals surface area contributed by atoms with E-state index in [1.165, 1.54) is 18.0 Å². The predicted octanol–water partition coefficient (Wildman–Crippen LogP) is 1.40. The van der Waals surface area contributed by atoms with E-state index in [0.717, 1.165) is 5.76 Å². The van der Waals surface area contributed by atoms with Gasteiger partial charge in [-0.2, -0.15) is 0 Å². The van der Waals surface area contributed by atoms with Gasteiger partial charge in [-0.25, -0.2) is 9.97 Å². The third-order valence-electron chi connectivity index (χ3n) is 2.42. The first-order valence-corrected chi connectivity index (χ1v) is 6.61. The van der Waals surface area contributed by atoms with Crippen molar-refractivity contribution in [2.75, 3.05) is 18.5 Å². The van der Waals surface area contributed by atoms with E-state index in [1.807, 2.05) is 6.07 Å². The Labute approximate surface area is 115 Å². The summed E-state index contributed by atoms with van der Waals surface area (Å²) in [5, 5.41) is 0.572. The van der Waals surface area contributed by atoms with Gasteiger partial charge in [0, 0.05) is 19.4 Å². The number of thioether (sulfide) groups is 1. The second-order valence-electron chi connectivity index (χ2n) is 3.86. The van der Waals surface area contributed by atoms with E-state index < -0.39 is 0 Å². The first-order valence-electron chi connectivity index (χ1n) is 5.62. The van der Waals surface area contributed by atoms with E-state index in [4.69, 9.17) is 10.2 Å². The number of furan rings is 1. The molecule has 7 heteroatoms. The van der Waals surface area contributed by atoms with Gasteiger partial charge >= 0.3 is 0 Å². The van der Waals surface area contributed by atoms with Gasteiger partial charge in [0.2, 0.25) is 5.91 Å². The highest BCUT2D eigenvalue weighted by Gasteiger charge is 2.12. The van der Waals surface area contributed by atoms with E-state index in [-0.39, 0.29) is 11.7 Å². The Balaban J connectivity index is 1.86. The van der Waals surface area contributed by atoms with E-state index >= 15 is 0 Å².